The predicted molar refractivity (Wildman–Crippen MR) is 87.0 cm³/mol. The lowest BCUT2D eigenvalue weighted by Gasteiger charge is -2.36. The van der Waals surface area contributed by atoms with Crippen LogP contribution in [0.1, 0.15) is 36.5 Å². The highest BCUT2D eigenvalue weighted by atomic mass is 16.6. The van der Waals surface area contributed by atoms with Crippen LogP contribution in [-0.4, -0.2) is 53.1 Å². The Labute approximate surface area is 144 Å². The van der Waals surface area contributed by atoms with Gasteiger partial charge in [0, 0.05) is 44.4 Å². The Hall–Kier alpha value is -2.48. The van der Waals surface area contributed by atoms with E-state index in [1.807, 2.05) is 7.05 Å². The van der Waals surface area contributed by atoms with Gasteiger partial charge in [0.1, 0.15) is 12.2 Å². The monoisotopic (exact) mass is 348 g/mol. The number of hydrogen-bond donors (Lipinski definition) is 0. The van der Waals surface area contributed by atoms with Gasteiger partial charge in [-0.05, 0) is 19.2 Å². The number of likely N-dealkylation sites (N-methyl/N-ethyl adjacent to an activating group) is 1. The number of non-ortho nitro benzene ring substituents is 1. The molecule has 4 atom stereocenters. The van der Waals surface area contributed by atoms with Gasteiger partial charge in [0.2, 0.25) is 0 Å². The molecule has 3 rings (SSSR count). The summed E-state index contributed by atoms with van der Waals surface area (Å²) in [5.41, 5.74) is 0.214. The first kappa shape index (κ1) is 17.3. The summed E-state index contributed by atoms with van der Waals surface area (Å²) >= 11 is 0. The van der Waals surface area contributed by atoms with Crippen LogP contribution in [0.4, 0.5) is 5.69 Å². The molecule has 25 heavy (non-hydrogen) atoms. The Kier molecular flexibility index (Phi) is 4.71. The van der Waals surface area contributed by atoms with Gasteiger partial charge in [-0.15, -0.1) is 0 Å². The third kappa shape index (κ3) is 3.63. The molecule has 0 saturated carbocycles. The number of benzene rings is 1. The van der Waals surface area contributed by atoms with E-state index in [-0.39, 0.29) is 41.5 Å². The third-order valence-corrected chi connectivity index (χ3v) is 4.98. The van der Waals surface area contributed by atoms with E-state index >= 15 is 0 Å². The van der Waals surface area contributed by atoms with Crippen LogP contribution in [0.3, 0.4) is 0 Å². The van der Waals surface area contributed by atoms with Crippen molar-refractivity contribution in [3.8, 4) is 0 Å². The maximum absolute atomic E-state index is 12.3. The highest BCUT2D eigenvalue weighted by molar-refractivity contribution is 5.89. The Morgan fingerprint density at radius 2 is 1.84 bits per heavy atom. The summed E-state index contributed by atoms with van der Waals surface area (Å²) in [6.07, 6.45) is 1.60. The fourth-order valence-corrected chi connectivity index (χ4v) is 3.75. The lowest BCUT2D eigenvalue weighted by atomic mass is 10.00. The number of carbonyl (C=O) groups is 2. The molecule has 1 aromatic rings. The standard InChI is InChI=1S/C17H20N2O6/c1-10(20)24-16-8-13-7-14(9-15(16)18(13)2)25-17(21)11-3-5-12(6-4-11)19(22)23/h3-6,13-16H,7-9H2,1-2H3/t13?,14-,15?,16+/m0/s1. The quantitative estimate of drug-likeness (QED) is 0.465. The molecule has 134 valence electrons. The molecule has 0 aliphatic carbocycles. The Bertz CT molecular complexity index is 689. The second-order valence-corrected chi connectivity index (χ2v) is 6.57. The van der Waals surface area contributed by atoms with Gasteiger partial charge in [0.15, 0.2) is 0 Å². The largest absolute Gasteiger partial charge is 0.461 e. The molecule has 0 aromatic heterocycles. The van der Waals surface area contributed by atoms with Crippen molar-refractivity contribution in [1.82, 2.24) is 4.90 Å². The second kappa shape index (κ2) is 6.79. The van der Waals surface area contributed by atoms with Crippen molar-refractivity contribution in [3.63, 3.8) is 0 Å². The number of fused-ring (bicyclic) bond motifs is 2. The van der Waals surface area contributed by atoms with E-state index in [1.54, 1.807) is 0 Å². The summed E-state index contributed by atoms with van der Waals surface area (Å²) in [4.78, 5) is 35.9. The summed E-state index contributed by atoms with van der Waals surface area (Å²) < 4.78 is 11.0. The van der Waals surface area contributed by atoms with Crippen LogP contribution in [0.25, 0.3) is 0 Å². The zero-order valence-electron chi connectivity index (χ0n) is 14.1. The second-order valence-electron chi connectivity index (χ2n) is 6.57. The van der Waals surface area contributed by atoms with Gasteiger partial charge in [0.05, 0.1) is 16.5 Å². The molecule has 2 unspecified atom stereocenters. The summed E-state index contributed by atoms with van der Waals surface area (Å²) in [5, 5.41) is 10.7. The first-order chi connectivity index (χ1) is 11.8. The van der Waals surface area contributed by atoms with E-state index in [9.17, 15) is 19.7 Å². The minimum atomic E-state index is -0.515. The fourth-order valence-electron chi connectivity index (χ4n) is 3.75. The van der Waals surface area contributed by atoms with Gasteiger partial charge in [0.25, 0.3) is 5.69 Å². The van der Waals surface area contributed by atoms with E-state index in [1.165, 1.54) is 31.2 Å². The van der Waals surface area contributed by atoms with Crippen molar-refractivity contribution in [2.24, 2.45) is 0 Å². The summed E-state index contributed by atoms with van der Waals surface area (Å²) in [6.45, 7) is 1.40. The van der Waals surface area contributed by atoms with Crippen LogP contribution < -0.4 is 0 Å². The van der Waals surface area contributed by atoms with Crippen molar-refractivity contribution in [3.05, 3.63) is 39.9 Å². The van der Waals surface area contributed by atoms with Gasteiger partial charge < -0.3 is 9.47 Å². The average Bonchev–Trinajstić information content (AvgIpc) is 2.73. The number of nitro benzene ring substituents is 1. The number of hydrogen-bond acceptors (Lipinski definition) is 7. The van der Waals surface area contributed by atoms with Crippen LogP contribution >= 0.6 is 0 Å². The first-order valence-electron chi connectivity index (χ1n) is 8.19. The SMILES string of the molecule is CC(=O)O[C@@H]1CC2C[C@H](OC(=O)c3ccc([N+](=O)[O-])cc3)CC1N2C. The number of esters is 2. The summed E-state index contributed by atoms with van der Waals surface area (Å²) in [7, 11) is 1.99. The molecule has 2 aliphatic heterocycles. The molecule has 0 spiro atoms. The van der Waals surface area contributed by atoms with Crippen LogP contribution in [-0.2, 0) is 14.3 Å². The lowest BCUT2D eigenvalue weighted by Crippen LogP contribution is -2.46. The molecule has 8 heteroatoms. The Balaban J connectivity index is 1.63. The zero-order valence-corrected chi connectivity index (χ0v) is 14.1. The van der Waals surface area contributed by atoms with Gasteiger partial charge in [-0.3, -0.25) is 19.8 Å². The van der Waals surface area contributed by atoms with Crippen molar-refractivity contribution in [2.45, 2.75) is 50.5 Å². The van der Waals surface area contributed by atoms with Crippen molar-refractivity contribution in [1.29, 1.82) is 0 Å². The fraction of sp³-hybridized carbons (Fsp3) is 0.529. The molecule has 2 bridgehead atoms. The van der Waals surface area contributed by atoms with E-state index < -0.39 is 10.9 Å². The minimum absolute atomic E-state index is 0.0392. The van der Waals surface area contributed by atoms with Gasteiger partial charge in [-0.2, -0.15) is 0 Å². The van der Waals surface area contributed by atoms with E-state index in [0.717, 1.165) is 6.42 Å². The normalized spacial score (nSPS) is 28.4. The number of nitrogens with zero attached hydrogens (tertiary/aromatic N) is 2. The first-order valence-corrected chi connectivity index (χ1v) is 8.19. The number of rotatable bonds is 4. The molecule has 0 N–H and O–H groups in total. The van der Waals surface area contributed by atoms with E-state index in [4.69, 9.17) is 9.47 Å². The predicted octanol–water partition coefficient (Wildman–Crippen LogP) is 1.92. The molecule has 0 amide bonds. The molecule has 0 radical (unpaired) electrons. The zero-order chi connectivity index (χ0) is 18.1. The number of ether oxygens (including phenoxy) is 2. The molecule has 1 aromatic carbocycles. The van der Waals surface area contributed by atoms with Gasteiger partial charge in [-0.25, -0.2) is 4.79 Å². The highest BCUT2D eigenvalue weighted by Crippen LogP contribution is 2.37. The van der Waals surface area contributed by atoms with Crippen molar-refractivity contribution < 1.29 is 24.0 Å². The van der Waals surface area contributed by atoms with Crippen LogP contribution in [0.15, 0.2) is 24.3 Å². The average molecular weight is 348 g/mol. The topological polar surface area (TPSA) is 99.0 Å². The number of carbonyl (C=O) groups excluding carboxylic acids is 2. The molecule has 8 nitrogen and oxygen atoms in total. The number of nitro groups is 1. The molecular formula is C17H20N2O6. The van der Waals surface area contributed by atoms with Crippen molar-refractivity contribution >= 4 is 17.6 Å². The van der Waals surface area contributed by atoms with Crippen LogP contribution in [0.2, 0.25) is 0 Å². The highest BCUT2D eigenvalue weighted by Gasteiger charge is 2.47. The Morgan fingerprint density at radius 1 is 1.16 bits per heavy atom. The number of piperidine rings is 1. The minimum Gasteiger partial charge on any atom is -0.461 e. The molecule has 2 saturated heterocycles. The molecule has 2 aliphatic rings. The summed E-state index contributed by atoms with van der Waals surface area (Å²) in [6, 6.07) is 5.60. The van der Waals surface area contributed by atoms with Gasteiger partial charge in [-0.1, -0.05) is 0 Å². The maximum atomic E-state index is 12.3. The van der Waals surface area contributed by atoms with E-state index in [0.29, 0.717) is 12.8 Å². The molecule has 2 fully saturated rings. The smallest absolute Gasteiger partial charge is 0.338 e. The van der Waals surface area contributed by atoms with Crippen LogP contribution in [0, 0.1) is 10.1 Å². The Morgan fingerprint density at radius 3 is 2.44 bits per heavy atom. The van der Waals surface area contributed by atoms with Crippen LogP contribution in [0.5, 0.6) is 0 Å². The van der Waals surface area contributed by atoms with Crippen molar-refractivity contribution in [2.75, 3.05) is 7.05 Å². The summed E-state index contributed by atoms with van der Waals surface area (Å²) in [5.74, 6) is -0.793. The maximum Gasteiger partial charge on any atom is 0.338 e. The molecular weight excluding hydrogens is 328 g/mol. The van der Waals surface area contributed by atoms with Gasteiger partial charge >= 0.3 is 11.9 Å². The molecule has 2 heterocycles. The third-order valence-electron chi connectivity index (χ3n) is 4.98. The lowest BCUT2D eigenvalue weighted by molar-refractivity contribution is -0.384. The van der Waals surface area contributed by atoms with E-state index in [2.05, 4.69) is 4.90 Å².